The molecule has 5 heteroatoms. The maximum Gasteiger partial charge on any atom is 0.152 e. The number of rotatable bonds is 3. The van der Waals surface area contributed by atoms with E-state index in [9.17, 15) is 8.42 Å². The topological polar surface area (TPSA) is 59.1 Å². The quantitative estimate of drug-likeness (QED) is 0.908. The number of sulfone groups is 1. The molecule has 1 aromatic rings. The number of nitrogens with zero attached hydrogens (tertiary/aromatic N) is 1. The van der Waals surface area contributed by atoms with Gasteiger partial charge in [-0.1, -0.05) is 13.0 Å². The van der Waals surface area contributed by atoms with Gasteiger partial charge in [-0.2, -0.15) is 0 Å². The van der Waals surface area contributed by atoms with Gasteiger partial charge in [-0.15, -0.1) is 0 Å². The second kappa shape index (κ2) is 4.87. The first-order chi connectivity index (χ1) is 9.03. The number of pyridine rings is 1. The molecule has 0 radical (unpaired) electrons. The molecule has 1 aliphatic heterocycles. The van der Waals surface area contributed by atoms with Gasteiger partial charge in [0.1, 0.15) is 0 Å². The molecule has 3 rings (SSSR count). The average molecular weight is 280 g/mol. The van der Waals surface area contributed by atoms with Crippen LogP contribution in [0.5, 0.6) is 0 Å². The summed E-state index contributed by atoms with van der Waals surface area (Å²) >= 11 is 0. The highest BCUT2D eigenvalue weighted by Gasteiger charge is 2.39. The summed E-state index contributed by atoms with van der Waals surface area (Å²) in [6, 6.07) is 6.62. The molecule has 0 bridgehead atoms. The molecule has 0 unspecified atom stereocenters. The van der Waals surface area contributed by atoms with E-state index >= 15 is 0 Å². The SMILES string of the molecule is C[C@H]1CS(=O)(=O)C[C@H]1NC1CC(c2ccccn2)C1. The Morgan fingerprint density at radius 2 is 2.05 bits per heavy atom. The molecule has 2 heterocycles. The molecule has 1 saturated carbocycles. The van der Waals surface area contributed by atoms with Crippen LogP contribution in [0.25, 0.3) is 0 Å². The Kier molecular flexibility index (Phi) is 3.35. The van der Waals surface area contributed by atoms with Crippen LogP contribution in [0.15, 0.2) is 24.4 Å². The Morgan fingerprint density at radius 1 is 1.26 bits per heavy atom. The lowest BCUT2D eigenvalue weighted by Crippen LogP contribution is -2.48. The molecular formula is C14H20N2O2S. The Morgan fingerprint density at radius 3 is 2.63 bits per heavy atom. The molecule has 19 heavy (non-hydrogen) atoms. The van der Waals surface area contributed by atoms with Crippen LogP contribution in [0.3, 0.4) is 0 Å². The van der Waals surface area contributed by atoms with E-state index < -0.39 is 9.84 Å². The summed E-state index contributed by atoms with van der Waals surface area (Å²) < 4.78 is 23.2. The molecule has 4 nitrogen and oxygen atoms in total. The predicted molar refractivity (Wildman–Crippen MR) is 74.7 cm³/mol. The van der Waals surface area contributed by atoms with Crippen LogP contribution in [0, 0.1) is 5.92 Å². The molecule has 0 spiro atoms. The van der Waals surface area contributed by atoms with Crippen molar-refractivity contribution in [1.82, 2.24) is 10.3 Å². The third-order valence-electron chi connectivity index (χ3n) is 4.33. The second-order valence-electron chi connectivity index (χ2n) is 5.95. The van der Waals surface area contributed by atoms with E-state index in [1.165, 1.54) is 0 Å². The van der Waals surface area contributed by atoms with Crippen molar-refractivity contribution < 1.29 is 8.42 Å². The van der Waals surface area contributed by atoms with Gasteiger partial charge in [0.05, 0.1) is 11.5 Å². The van der Waals surface area contributed by atoms with E-state index in [1.54, 1.807) is 0 Å². The molecule has 1 N–H and O–H groups in total. The predicted octanol–water partition coefficient (Wildman–Crippen LogP) is 1.35. The Hall–Kier alpha value is -0.940. The van der Waals surface area contributed by atoms with Crippen LogP contribution in [-0.4, -0.2) is 37.0 Å². The van der Waals surface area contributed by atoms with Crippen LogP contribution in [0.2, 0.25) is 0 Å². The third kappa shape index (κ3) is 2.82. The lowest BCUT2D eigenvalue weighted by atomic mass is 9.77. The van der Waals surface area contributed by atoms with Gasteiger partial charge in [0.2, 0.25) is 0 Å². The minimum Gasteiger partial charge on any atom is -0.310 e. The maximum absolute atomic E-state index is 11.6. The highest BCUT2D eigenvalue weighted by molar-refractivity contribution is 7.91. The molecule has 1 aliphatic carbocycles. The number of aromatic nitrogens is 1. The molecule has 1 saturated heterocycles. The summed E-state index contributed by atoms with van der Waals surface area (Å²) in [7, 11) is -2.81. The van der Waals surface area contributed by atoms with E-state index in [1.807, 2.05) is 25.3 Å². The van der Waals surface area contributed by atoms with Crippen molar-refractivity contribution in [2.45, 2.75) is 37.8 Å². The van der Waals surface area contributed by atoms with E-state index in [0.717, 1.165) is 18.5 Å². The zero-order valence-corrected chi connectivity index (χ0v) is 11.9. The van der Waals surface area contributed by atoms with Crippen molar-refractivity contribution in [3.63, 3.8) is 0 Å². The summed E-state index contributed by atoms with van der Waals surface area (Å²) in [5.41, 5.74) is 1.16. The van der Waals surface area contributed by atoms with Gasteiger partial charge in [0.25, 0.3) is 0 Å². The standard InChI is InChI=1S/C14H20N2O2S/c1-10-8-19(17,18)9-14(10)16-12-6-11(7-12)13-4-2-3-5-15-13/h2-5,10-12,14,16H,6-9H2,1H3/t10-,11?,12?,14+/m0/s1. The number of hydrogen-bond donors (Lipinski definition) is 1. The fourth-order valence-electron chi connectivity index (χ4n) is 3.15. The first kappa shape index (κ1) is 13.1. The molecular weight excluding hydrogens is 260 g/mol. The largest absolute Gasteiger partial charge is 0.310 e. The number of hydrogen-bond acceptors (Lipinski definition) is 4. The van der Waals surface area contributed by atoms with Crippen LogP contribution < -0.4 is 5.32 Å². The van der Waals surface area contributed by atoms with Gasteiger partial charge in [-0.3, -0.25) is 4.98 Å². The molecule has 0 aromatic carbocycles. The maximum atomic E-state index is 11.6. The first-order valence-electron chi connectivity index (χ1n) is 6.91. The Labute approximate surface area is 114 Å². The van der Waals surface area contributed by atoms with Crippen molar-refractivity contribution in [3.8, 4) is 0 Å². The molecule has 2 fully saturated rings. The first-order valence-corrected chi connectivity index (χ1v) is 8.73. The molecule has 0 amide bonds. The lowest BCUT2D eigenvalue weighted by Gasteiger charge is -2.38. The smallest absolute Gasteiger partial charge is 0.152 e. The van der Waals surface area contributed by atoms with Crippen LogP contribution in [0.4, 0.5) is 0 Å². The average Bonchev–Trinajstić information content (AvgIpc) is 2.57. The van der Waals surface area contributed by atoms with Gasteiger partial charge in [0.15, 0.2) is 9.84 Å². The highest BCUT2D eigenvalue weighted by Crippen LogP contribution is 2.36. The van der Waals surface area contributed by atoms with E-state index in [-0.39, 0.29) is 12.0 Å². The fraction of sp³-hybridized carbons (Fsp3) is 0.643. The summed E-state index contributed by atoms with van der Waals surface area (Å²) in [6.07, 6.45) is 3.97. The molecule has 2 aliphatic rings. The van der Waals surface area contributed by atoms with Crippen molar-refractivity contribution in [1.29, 1.82) is 0 Å². The summed E-state index contributed by atoms with van der Waals surface area (Å²) in [6.45, 7) is 2.02. The molecule has 2 atom stereocenters. The number of nitrogens with one attached hydrogen (secondary N) is 1. The van der Waals surface area contributed by atoms with Crippen LogP contribution >= 0.6 is 0 Å². The normalized spacial score (nSPS) is 36.9. The summed E-state index contributed by atoms with van der Waals surface area (Å²) in [5.74, 6) is 1.41. The summed E-state index contributed by atoms with van der Waals surface area (Å²) in [5, 5.41) is 3.51. The Bertz CT molecular complexity index is 538. The zero-order valence-electron chi connectivity index (χ0n) is 11.1. The monoisotopic (exact) mass is 280 g/mol. The second-order valence-corrected chi connectivity index (χ2v) is 8.10. The van der Waals surface area contributed by atoms with Gasteiger partial charge in [-0.25, -0.2) is 8.42 Å². The van der Waals surface area contributed by atoms with Gasteiger partial charge in [0, 0.05) is 29.9 Å². The Balaban J connectivity index is 1.52. The van der Waals surface area contributed by atoms with Crippen molar-refractivity contribution >= 4 is 9.84 Å². The van der Waals surface area contributed by atoms with Gasteiger partial charge in [-0.05, 0) is 30.9 Å². The van der Waals surface area contributed by atoms with Gasteiger partial charge < -0.3 is 5.32 Å². The van der Waals surface area contributed by atoms with Crippen molar-refractivity contribution in [3.05, 3.63) is 30.1 Å². The molecule has 1 aromatic heterocycles. The van der Waals surface area contributed by atoms with E-state index in [2.05, 4.69) is 16.4 Å². The third-order valence-corrected chi connectivity index (χ3v) is 6.23. The zero-order chi connectivity index (χ0) is 13.5. The minimum atomic E-state index is -2.81. The molecule has 104 valence electrons. The van der Waals surface area contributed by atoms with Crippen LogP contribution in [0.1, 0.15) is 31.4 Å². The van der Waals surface area contributed by atoms with Crippen molar-refractivity contribution in [2.75, 3.05) is 11.5 Å². The fourth-order valence-corrected chi connectivity index (χ4v) is 5.29. The highest BCUT2D eigenvalue weighted by atomic mass is 32.2. The lowest BCUT2D eigenvalue weighted by molar-refractivity contribution is 0.251. The minimum absolute atomic E-state index is 0.139. The van der Waals surface area contributed by atoms with Crippen LogP contribution in [-0.2, 0) is 9.84 Å². The van der Waals surface area contributed by atoms with E-state index in [4.69, 9.17) is 0 Å². The van der Waals surface area contributed by atoms with Gasteiger partial charge >= 0.3 is 0 Å². The van der Waals surface area contributed by atoms with E-state index in [0.29, 0.717) is 23.5 Å². The van der Waals surface area contributed by atoms with Crippen molar-refractivity contribution in [2.24, 2.45) is 5.92 Å². The summed E-state index contributed by atoms with van der Waals surface area (Å²) in [4.78, 5) is 4.38.